The average molecular weight is 554 g/mol. The van der Waals surface area contributed by atoms with Gasteiger partial charge in [-0.2, -0.15) is 0 Å². The molecule has 9 heteroatoms. The molecule has 3 heterocycles. The molecule has 2 saturated heterocycles. The van der Waals surface area contributed by atoms with Crippen LogP contribution in [0.4, 0.5) is 5.69 Å². The highest BCUT2D eigenvalue weighted by Gasteiger charge is 2.55. The summed E-state index contributed by atoms with van der Waals surface area (Å²) < 4.78 is 1.79. The van der Waals surface area contributed by atoms with Crippen molar-refractivity contribution in [1.29, 1.82) is 0 Å². The number of benzene rings is 3. The lowest BCUT2D eigenvalue weighted by molar-refractivity contribution is -0.141. The Morgan fingerprint density at radius 3 is 2.24 bits per heavy atom. The largest absolute Gasteiger partial charge is 0.481 e. The first-order valence-corrected chi connectivity index (χ1v) is 14.3. The van der Waals surface area contributed by atoms with E-state index in [-0.39, 0.29) is 18.0 Å². The number of aromatic nitrogens is 2. The van der Waals surface area contributed by atoms with Crippen LogP contribution in [-0.2, 0) is 16.1 Å². The van der Waals surface area contributed by atoms with Gasteiger partial charge < -0.3 is 24.8 Å². The lowest BCUT2D eigenvalue weighted by atomic mass is 9.85. The number of piperidine rings is 1. The van der Waals surface area contributed by atoms with Crippen LogP contribution in [0.5, 0.6) is 0 Å². The molecular formula is C32H35N5O4. The molecule has 2 N–H and O–H groups in total. The van der Waals surface area contributed by atoms with Crippen molar-refractivity contribution in [2.24, 2.45) is 0 Å². The summed E-state index contributed by atoms with van der Waals surface area (Å²) in [6.45, 7) is 3.30. The van der Waals surface area contributed by atoms with Crippen LogP contribution in [0.2, 0.25) is 0 Å². The standard InChI is InChI=1S/C32H35N5O4/c38-29(39)22-28(24-10-3-1-4-11-24)36-23-37(25-12-5-2-6-13-25)32(30(36)40)16-20-34(21-17-32)18-9-19-35-27-15-8-7-14-26(27)33-31(35)41/h1-8,10-15,28H,9,16-23H2,(H,33,41)(H,38,39). The Kier molecular flexibility index (Phi) is 7.36. The van der Waals surface area contributed by atoms with Gasteiger partial charge in [-0.25, -0.2) is 4.79 Å². The molecule has 0 aliphatic carbocycles. The number of carbonyl (C=O) groups excluding carboxylic acids is 1. The minimum absolute atomic E-state index is 0.00134. The molecule has 9 nitrogen and oxygen atoms in total. The minimum Gasteiger partial charge on any atom is -0.481 e. The number of anilines is 1. The number of carbonyl (C=O) groups is 2. The van der Waals surface area contributed by atoms with Crippen LogP contribution in [-0.4, -0.2) is 68.2 Å². The minimum atomic E-state index is -0.928. The Morgan fingerprint density at radius 2 is 1.54 bits per heavy atom. The molecule has 41 heavy (non-hydrogen) atoms. The zero-order chi connectivity index (χ0) is 28.4. The first-order valence-electron chi connectivity index (χ1n) is 14.3. The normalized spacial score (nSPS) is 17.9. The lowest BCUT2D eigenvalue weighted by Crippen LogP contribution is -2.56. The van der Waals surface area contributed by atoms with Crippen molar-refractivity contribution in [1.82, 2.24) is 19.4 Å². The van der Waals surface area contributed by atoms with Gasteiger partial charge in [0.1, 0.15) is 5.54 Å². The highest BCUT2D eigenvalue weighted by Crippen LogP contribution is 2.43. The molecule has 1 atom stereocenters. The number of aromatic amines is 1. The molecule has 2 aliphatic rings. The van der Waals surface area contributed by atoms with Crippen LogP contribution in [0.1, 0.15) is 37.3 Å². The number of nitrogens with one attached hydrogen (secondary N) is 1. The van der Waals surface area contributed by atoms with Crippen molar-refractivity contribution >= 4 is 28.6 Å². The summed E-state index contributed by atoms with van der Waals surface area (Å²) in [7, 11) is 0. The number of H-pyrrole nitrogens is 1. The topological polar surface area (TPSA) is 102 Å². The highest BCUT2D eigenvalue weighted by molar-refractivity contribution is 5.94. The van der Waals surface area contributed by atoms with E-state index in [1.165, 1.54) is 0 Å². The number of carboxylic acid groups (broad SMARTS) is 1. The van der Waals surface area contributed by atoms with Gasteiger partial charge in [0.05, 0.1) is 30.2 Å². The van der Waals surface area contributed by atoms with Gasteiger partial charge in [-0.05, 0) is 55.6 Å². The highest BCUT2D eigenvalue weighted by atomic mass is 16.4. The van der Waals surface area contributed by atoms with Crippen LogP contribution < -0.4 is 10.6 Å². The molecule has 4 aromatic rings. The fourth-order valence-corrected chi connectivity index (χ4v) is 6.57. The molecule has 0 bridgehead atoms. The molecular weight excluding hydrogens is 518 g/mol. The number of carboxylic acids is 1. The maximum Gasteiger partial charge on any atom is 0.326 e. The number of imidazole rings is 1. The number of rotatable bonds is 9. The third kappa shape index (κ3) is 5.13. The van der Waals surface area contributed by atoms with Gasteiger partial charge in [-0.3, -0.25) is 14.2 Å². The van der Waals surface area contributed by atoms with Crippen molar-refractivity contribution in [3.63, 3.8) is 0 Å². The Bertz CT molecular complexity index is 1570. The summed E-state index contributed by atoms with van der Waals surface area (Å²) in [5.74, 6) is -0.926. The van der Waals surface area contributed by atoms with E-state index in [4.69, 9.17) is 0 Å². The zero-order valence-corrected chi connectivity index (χ0v) is 23.0. The van der Waals surface area contributed by atoms with Crippen molar-refractivity contribution in [2.45, 2.75) is 43.8 Å². The van der Waals surface area contributed by atoms with Gasteiger partial charge in [0, 0.05) is 25.3 Å². The van der Waals surface area contributed by atoms with E-state index in [1.807, 2.05) is 84.9 Å². The van der Waals surface area contributed by atoms with Crippen molar-refractivity contribution in [3.8, 4) is 0 Å². The molecule has 212 valence electrons. The molecule has 6 rings (SSSR count). The van der Waals surface area contributed by atoms with Crippen LogP contribution >= 0.6 is 0 Å². The van der Waals surface area contributed by atoms with Crippen molar-refractivity contribution < 1.29 is 14.7 Å². The van der Waals surface area contributed by atoms with Gasteiger partial charge in [0.15, 0.2) is 0 Å². The quantitative estimate of drug-likeness (QED) is 0.324. The van der Waals surface area contributed by atoms with E-state index in [2.05, 4.69) is 14.8 Å². The Hall–Kier alpha value is -4.37. The molecule has 1 amide bonds. The summed E-state index contributed by atoms with van der Waals surface area (Å²) >= 11 is 0. The Labute approximate surface area is 238 Å². The summed E-state index contributed by atoms with van der Waals surface area (Å²) in [5.41, 5.74) is 2.75. The molecule has 0 radical (unpaired) electrons. The first-order chi connectivity index (χ1) is 20.0. The monoisotopic (exact) mass is 553 g/mol. The smallest absolute Gasteiger partial charge is 0.326 e. The van der Waals surface area contributed by atoms with Crippen molar-refractivity contribution in [2.75, 3.05) is 31.2 Å². The van der Waals surface area contributed by atoms with Gasteiger partial charge in [-0.15, -0.1) is 0 Å². The molecule has 0 saturated carbocycles. The first kappa shape index (κ1) is 26.8. The fraction of sp³-hybridized carbons (Fsp3) is 0.344. The summed E-state index contributed by atoms with van der Waals surface area (Å²) in [6, 6.07) is 26.6. The third-order valence-corrected chi connectivity index (χ3v) is 8.69. The Balaban J connectivity index is 1.20. The van der Waals surface area contributed by atoms with Crippen LogP contribution in [0.3, 0.4) is 0 Å². The summed E-state index contributed by atoms with van der Waals surface area (Å²) in [4.78, 5) is 48.0. The number of hydrogen-bond acceptors (Lipinski definition) is 5. The number of hydrogen-bond donors (Lipinski definition) is 2. The van der Waals surface area contributed by atoms with E-state index in [1.54, 1.807) is 9.47 Å². The number of likely N-dealkylation sites (tertiary alicyclic amines) is 1. The molecule has 1 spiro atoms. The van der Waals surface area contributed by atoms with Crippen LogP contribution in [0.15, 0.2) is 89.7 Å². The number of aliphatic carboxylic acids is 1. The SMILES string of the molecule is O=C(O)CC(c1ccccc1)N1CN(c2ccccc2)C2(CCN(CCCn3c(=O)[nH]c4ccccc43)CC2)C1=O. The zero-order valence-electron chi connectivity index (χ0n) is 23.0. The van der Waals surface area contributed by atoms with Gasteiger partial charge in [0.25, 0.3) is 5.91 Å². The number of nitrogens with zero attached hydrogens (tertiary/aromatic N) is 4. The molecule has 3 aromatic carbocycles. The van der Waals surface area contributed by atoms with Gasteiger partial charge in [0.2, 0.25) is 0 Å². The fourth-order valence-electron chi connectivity index (χ4n) is 6.57. The number of amides is 1. The molecule has 1 unspecified atom stereocenters. The van der Waals surface area contributed by atoms with Crippen LogP contribution in [0.25, 0.3) is 11.0 Å². The van der Waals surface area contributed by atoms with E-state index in [0.29, 0.717) is 26.1 Å². The van der Waals surface area contributed by atoms with Gasteiger partial charge >= 0.3 is 11.7 Å². The Morgan fingerprint density at radius 1 is 0.878 bits per heavy atom. The summed E-state index contributed by atoms with van der Waals surface area (Å²) in [5, 5.41) is 9.76. The average Bonchev–Trinajstić information content (AvgIpc) is 3.46. The third-order valence-electron chi connectivity index (χ3n) is 8.69. The number of fused-ring (bicyclic) bond motifs is 1. The molecule has 1 aromatic heterocycles. The molecule has 2 fully saturated rings. The van der Waals surface area contributed by atoms with Gasteiger partial charge in [-0.1, -0.05) is 60.7 Å². The van der Waals surface area contributed by atoms with Crippen LogP contribution in [0, 0.1) is 0 Å². The number of aryl methyl sites for hydroxylation is 1. The van der Waals surface area contributed by atoms with E-state index in [0.717, 1.165) is 48.3 Å². The maximum absolute atomic E-state index is 14.3. The summed E-state index contributed by atoms with van der Waals surface area (Å²) in [6.07, 6.45) is 1.98. The van der Waals surface area contributed by atoms with Crippen molar-refractivity contribution in [3.05, 3.63) is 101 Å². The molecule has 2 aliphatic heterocycles. The predicted octanol–water partition coefficient (Wildman–Crippen LogP) is 4.08. The maximum atomic E-state index is 14.3. The predicted molar refractivity (Wildman–Crippen MR) is 158 cm³/mol. The van der Waals surface area contributed by atoms with E-state index < -0.39 is 17.6 Å². The number of para-hydroxylation sites is 3. The van der Waals surface area contributed by atoms with E-state index >= 15 is 0 Å². The lowest BCUT2D eigenvalue weighted by Gasteiger charge is -2.43. The second-order valence-electron chi connectivity index (χ2n) is 11.0. The van der Waals surface area contributed by atoms with E-state index in [9.17, 15) is 19.5 Å². The second-order valence-corrected chi connectivity index (χ2v) is 11.0. The second kappa shape index (κ2) is 11.2.